The molecule has 120 valence electrons. The van der Waals surface area contributed by atoms with Gasteiger partial charge in [-0.15, -0.1) is 0 Å². The van der Waals surface area contributed by atoms with Crippen LogP contribution in [-0.2, 0) is 33.3 Å². The Morgan fingerprint density at radius 1 is 1.10 bits per heavy atom. The van der Waals surface area contributed by atoms with Crippen molar-refractivity contribution in [2.45, 2.75) is 58.2 Å². The van der Waals surface area contributed by atoms with E-state index in [0.29, 0.717) is 0 Å². The molecule has 0 radical (unpaired) electrons. The van der Waals surface area contributed by atoms with E-state index in [1.807, 2.05) is 0 Å². The lowest BCUT2D eigenvalue weighted by molar-refractivity contribution is -0.326. The highest BCUT2D eigenvalue weighted by atomic mass is 16.7. The van der Waals surface area contributed by atoms with Gasteiger partial charge in [0.25, 0.3) is 0 Å². The topological polar surface area (TPSA) is 108 Å². The molecule has 0 spiro atoms. The zero-order chi connectivity index (χ0) is 16.2. The Bertz CT molecular complexity index is 420. The highest BCUT2D eigenvalue weighted by Gasteiger charge is 2.54. The Morgan fingerprint density at radius 2 is 1.62 bits per heavy atom. The van der Waals surface area contributed by atoms with Gasteiger partial charge in [0.1, 0.15) is 0 Å². The summed E-state index contributed by atoms with van der Waals surface area (Å²) in [7, 11) is 0. The molecule has 21 heavy (non-hydrogen) atoms. The Balaban J connectivity index is 3.09. The first kappa shape index (κ1) is 17.4. The second kappa shape index (κ2) is 6.86. The van der Waals surface area contributed by atoms with Crippen molar-refractivity contribution in [3.05, 3.63) is 0 Å². The number of hydrogen-bond acceptors (Lipinski definition) is 8. The van der Waals surface area contributed by atoms with E-state index in [-0.39, 0.29) is 13.0 Å². The summed E-state index contributed by atoms with van der Waals surface area (Å²) in [5, 5.41) is 10.4. The summed E-state index contributed by atoms with van der Waals surface area (Å²) < 4.78 is 20.4. The van der Waals surface area contributed by atoms with Gasteiger partial charge >= 0.3 is 17.9 Å². The molecule has 1 heterocycles. The Labute approximate surface area is 122 Å². The van der Waals surface area contributed by atoms with E-state index in [0.717, 1.165) is 13.8 Å². The summed E-state index contributed by atoms with van der Waals surface area (Å²) in [6.45, 7) is 4.94. The molecule has 0 aliphatic carbocycles. The first-order chi connectivity index (χ1) is 9.69. The minimum absolute atomic E-state index is 0.0928. The Kier molecular flexibility index (Phi) is 5.68. The first-order valence-electron chi connectivity index (χ1n) is 6.57. The van der Waals surface area contributed by atoms with Crippen molar-refractivity contribution >= 4 is 17.9 Å². The van der Waals surface area contributed by atoms with Crippen molar-refractivity contribution < 1.29 is 38.4 Å². The van der Waals surface area contributed by atoms with Crippen LogP contribution in [0.3, 0.4) is 0 Å². The predicted molar refractivity (Wildman–Crippen MR) is 67.9 cm³/mol. The average Bonchev–Trinajstić information content (AvgIpc) is 2.36. The number of carbonyl (C=O) groups is 3. The van der Waals surface area contributed by atoms with E-state index in [1.165, 1.54) is 6.92 Å². The summed E-state index contributed by atoms with van der Waals surface area (Å²) in [6.07, 6.45) is -3.31. The van der Waals surface area contributed by atoms with Crippen LogP contribution in [0, 0.1) is 0 Å². The van der Waals surface area contributed by atoms with Crippen molar-refractivity contribution in [1.29, 1.82) is 0 Å². The molecular formula is C13H20O8. The van der Waals surface area contributed by atoms with Gasteiger partial charge in [-0.2, -0.15) is 0 Å². The molecule has 0 aromatic heterocycles. The quantitative estimate of drug-likeness (QED) is 0.567. The molecule has 0 aromatic carbocycles. The summed E-state index contributed by atoms with van der Waals surface area (Å²) in [6, 6.07) is 0. The SMILES string of the molecule is CC[C@@]1(O)OC[C@@H](OC(C)=O)[C@H](OC(C)=O)[C@H]1OC(C)=O. The third-order valence-corrected chi connectivity index (χ3v) is 3.03. The molecule has 1 saturated heterocycles. The van der Waals surface area contributed by atoms with E-state index in [2.05, 4.69) is 0 Å². The fourth-order valence-electron chi connectivity index (χ4n) is 2.14. The summed E-state index contributed by atoms with van der Waals surface area (Å²) in [4.78, 5) is 33.6. The third-order valence-electron chi connectivity index (χ3n) is 3.03. The smallest absolute Gasteiger partial charge is 0.303 e. The largest absolute Gasteiger partial charge is 0.456 e. The lowest BCUT2D eigenvalue weighted by Crippen LogP contribution is -2.63. The highest BCUT2D eigenvalue weighted by Crippen LogP contribution is 2.32. The Hall–Kier alpha value is -1.67. The highest BCUT2D eigenvalue weighted by molar-refractivity contribution is 5.68. The summed E-state index contributed by atoms with van der Waals surface area (Å²) in [5.74, 6) is -3.77. The van der Waals surface area contributed by atoms with Crippen LogP contribution in [0.25, 0.3) is 0 Å². The number of carbonyl (C=O) groups excluding carboxylic acids is 3. The molecule has 8 heteroatoms. The minimum atomic E-state index is -1.82. The van der Waals surface area contributed by atoms with Crippen molar-refractivity contribution in [3.8, 4) is 0 Å². The van der Waals surface area contributed by atoms with Gasteiger partial charge in [0.05, 0.1) is 6.61 Å². The monoisotopic (exact) mass is 304 g/mol. The second-order valence-electron chi connectivity index (χ2n) is 4.76. The van der Waals surface area contributed by atoms with Crippen molar-refractivity contribution in [1.82, 2.24) is 0 Å². The van der Waals surface area contributed by atoms with E-state index >= 15 is 0 Å². The molecule has 1 aliphatic heterocycles. The number of esters is 3. The van der Waals surface area contributed by atoms with Gasteiger partial charge in [-0.3, -0.25) is 14.4 Å². The molecule has 0 bridgehead atoms. The Morgan fingerprint density at radius 3 is 2.05 bits per heavy atom. The normalized spacial score (nSPS) is 32.1. The van der Waals surface area contributed by atoms with Crippen molar-refractivity contribution in [2.24, 2.45) is 0 Å². The average molecular weight is 304 g/mol. The van der Waals surface area contributed by atoms with Crippen LogP contribution in [0.15, 0.2) is 0 Å². The van der Waals surface area contributed by atoms with Gasteiger partial charge in [0, 0.05) is 27.2 Å². The predicted octanol–water partition coefficient (Wildman–Crippen LogP) is -0.0897. The van der Waals surface area contributed by atoms with Crippen LogP contribution in [0.4, 0.5) is 0 Å². The molecule has 4 atom stereocenters. The van der Waals surface area contributed by atoms with Gasteiger partial charge in [-0.25, -0.2) is 0 Å². The minimum Gasteiger partial charge on any atom is -0.456 e. The van der Waals surface area contributed by atoms with Gasteiger partial charge in [0.15, 0.2) is 18.3 Å². The number of hydrogen-bond donors (Lipinski definition) is 1. The zero-order valence-electron chi connectivity index (χ0n) is 12.5. The van der Waals surface area contributed by atoms with Crippen LogP contribution < -0.4 is 0 Å². The van der Waals surface area contributed by atoms with Crippen LogP contribution in [-0.4, -0.2) is 53.7 Å². The van der Waals surface area contributed by atoms with E-state index in [9.17, 15) is 19.5 Å². The fourth-order valence-corrected chi connectivity index (χ4v) is 2.14. The molecule has 0 unspecified atom stereocenters. The van der Waals surface area contributed by atoms with Gasteiger partial charge in [-0.05, 0) is 0 Å². The van der Waals surface area contributed by atoms with Crippen molar-refractivity contribution in [3.63, 3.8) is 0 Å². The molecule has 0 aromatic rings. The summed E-state index contributed by atoms with van der Waals surface area (Å²) in [5.41, 5.74) is 0. The van der Waals surface area contributed by atoms with Gasteiger partial charge in [0.2, 0.25) is 5.79 Å². The fraction of sp³-hybridized carbons (Fsp3) is 0.769. The number of ether oxygens (including phenoxy) is 4. The van der Waals surface area contributed by atoms with Crippen LogP contribution in [0.5, 0.6) is 0 Å². The third kappa shape index (κ3) is 4.40. The zero-order valence-corrected chi connectivity index (χ0v) is 12.5. The summed E-state index contributed by atoms with van der Waals surface area (Å²) >= 11 is 0. The maximum atomic E-state index is 11.2. The van der Waals surface area contributed by atoms with Crippen LogP contribution in [0.1, 0.15) is 34.1 Å². The van der Waals surface area contributed by atoms with Crippen LogP contribution in [0.2, 0.25) is 0 Å². The lowest BCUT2D eigenvalue weighted by Gasteiger charge is -2.44. The molecule has 1 N–H and O–H groups in total. The molecule has 1 aliphatic rings. The molecule has 1 fully saturated rings. The van der Waals surface area contributed by atoms with Gasteiger partial charge in [-0.1, -0.05) is 6.92 Å². The van der Waals surface area contributed by atoms with Crippen molar-refractivity contribution in [2.75, 3.05) is 6.61 Å². The van der Waals surface area contributed by atoms with Crippen LogP contribution >= 0.6 is 0 Å². The van der Waals surface area contributed by atoms with E-state index < -0.39 is 42.0 Å². The van der Waals surface area contributed by atoms with Gasteiger partial charge < -0.3 is 24.1 Å². The second-order valence-corrected chi connectivity index (χ2v) is 4.76. The maximum absolute atomic E-state index is 11.2. The molecule has 0 amide bonds. The van der Waals surface area contributed by atoms with E-state index in [1.54, 1.807) is 6.92 Å². The standard InChI is InChI=1S/C13H20O8/c1-5-13(17)12(21-9(4)16)11(20-8(3)15)10(6-18-13)19-7(2)14/h10-12,17H,5-6H2,1-4H3/t10-,11+,12-,13-/m1/s1. The molecular weight excluding hydrogens is 284 g/mol. The maximum Gasteiger partial charge on any atom is 0.303 e. The first-order valence-corrected chi connectivity index (χ1v) is 6.57. The molecule has 8 nitrogen and oxygen atoms in total. The molecule has 1 rings (SSSR count). The number of rotatable bonds is 4. The molecule has 0 saturated carbocycles. The lowest BCUT2D eigenvalue weighted by atomic mass is 9.94. The van der Waals surface area contributed by atoms with E-state index in [4.69, 9.17) is 18.9 Å². The number of aliphatic hydroxyl groups is 1.